The average molecular weight is 293 g/mol. The van der Waals surface area contributed by atoms with E-state index in [4.69, 9.17) is 5.73 Å². The van der Waals surface area contributed by atoms with Gasteiger partial charge < -0.3 is 10.3 Å². The Kier molecular flexibility index (Phi) is 3.67. The first-order valence-electron chi connectivity index (χ1n) is 7.47. The number of rotatable bonds is 4. The maximum absolute atomic E-state index is 11.8. The minimum Gasteiger partial charge on any atom is -0.366 e. The highest BCUT2D eigenvalue weighted by Gasteiger charge is 2.13. The van der Waals surface area contributed by atoms with Crippen molar-refractivity contribution in [3.63, 3.8) is 0 Å². The smallest absolute Gasteiger partial charge is 0.249 e. The molecule has 3 rings (SSSR count). The van der Waals surface area contributed by atoms with E-state index in [1.54, 1.807) is 6.20 Å². The van der Waals surface area contributed by atoms with Crippen LogP contribution in [-0.2, 0) is 6.42 Å². The summed E-state index contributed by atoms with van der Waals surface area (Å²) >= 11 is 0. The van der Waals surface area contributed by atoms with Gasteiger partial charge in [0.25, 0.3) is 0 Å². The van der Waals surface area contributed by atoms with E-state index in [0.717, 1.165) is 40.7 Å². The quantitative estimate of drug-likeness (QED) is 0.801. The summed E-state index contributed by atoms with van der Waals surface area (Å²) in [6.45, 7) is 4.09. The number of primary amides is 1. The van der Waals surface area contributed by atoms with Gasteiger partial charge in [-0.1, -0.05) is 13.3 Å². The third-order valence-electron chi connectivity index (χ3n) is 4.01. The summed E-state index contributed by atoms with van der Waals surface area (Å²) in [6.07, 6.45) is 5.69. The third kappa shape index (κ3) is 2.37. The molecule has 0 aliphatic rings. The number of nitrogens with zero attached hydrogens (tertiary/aromatic N) is 2. The van der Waals surface area contributed by atoms with E-state index in [1.165, 1.54) is 0 Å². The standard InChI is InChI=1S/C18H19N3O/c1-3-5-14-10-15(11-16(12(14)2)17(19)22)21-9-7-13-6-4-8-20-18(13)21/h4,6-11H,3,5H2,1-2H3,(H2,19,22). The molecule has 1 aromatic carbocycles. The SMILES string of the molecule is CCCc1cc(-n2ccc3cccnc32)cc(C(N)=O)c1C. The van der Waals surface area contributed by atoms with Crippen LogP contribution in [0.25, 0.3) is 16.7 Å². The highest BCUT2D eigenvalue weighted by atomic mass is 16.1. The molecule has 0 saturated heterocycles. The summed E-state index contributed by atoms with van der Waals surface area (Å²) < 4.78 is 2.00. The number of pyridine rings is 1. The van der Waals surface area contributed by atoms with Crippen molar-refractivity contribution >= 4 is 16.9 Å². The first-order valence-corrected chi connectivity index (χ1v) is 7.47. The fourth-order valence-electron chi connectivity index (χ4n) is 2.86. The Morgan fingerprint density at radius 1 is 1.32 bits per heavy atom. The molecule has 22 heavy (non-hydrogen) atoms. The van der Waals surface area contributed by atoms with Crippen LogP contribution in [0.1, 0.15) is 34.8 Å². The van der Waals surface area contributed by atoms with E-state index in [1.807, 2.05) is 42.0 Å². The zero-order valence-corrected chi connectivity index (χ0v) is 12.8. The van der Waals surface area contributed by atoms with E-state index in [9.17, 15) is 4.79 Å². The Labute approximate surface area is 129 Å². The molecular weight excluding hydrogens is 274 g/mol. The van der Waals surface area contributed by atoms with Gasteiger partial charge in [-0.2, -0.15) is 0 Å². The van der Waals surface area contributed by atoms with Crippen molar-refractivity contribution in [1.29, 1.82) is 0 Å². The molecule has 0 bridgehead atoms. The number of carbonyl (C=O) groups is 1. The number of hydrogen-bond acceptors (Lipinski definition) is 2. The minimum absolute atomic E-state index is 0.388. The molecule has 0 aliphatic heterocycles. The van der Waals surface area contributed by atoms with Gasteiger partial charge in [0, 0.05) is 29.0 Å². The molecule has 4 heteroatoms. The van der Waals surface area contributed by atoms with Gasteiger partial charge in [0.2, 0.25) is 5.91 Å². The van der Waals surface area contributed by atoms with Gasteiger partial charge in [-0.25, -0.2) is 4.98 Å². The summed E-state index contributed by atoms with van der Waals surface area (Å²) in [5.41, 5.74) is 10.1. The Bertz CT molecular complexity index is 849. The minimum atomic E-state index is -0.388. The largest absolute Gasteiger partial charge is 0.366 e. The fourth-order valence-corrected chi connectivity index (χ4v) is 2.86. The van der Waals surface area contributed by atoms with Crippen LogP contribution in [0.15, 0.2) is 42.7 Å². The number of fused-ring (bicyclic) bond motifs is 1. The lowest BCUT2D eigenvalue weighted by Gasteiger charge is -2.13. The number of aromatic nitrogens is 2. The maximum atomic E-state index is 11.8. The molecule has 1 amide bonds. The second-order valence-electron chi connectivity index (χ2n) is 5.49. The number of hydrogen-bond donors (Lipinski definition) is 1. The van der Waals surface area contributed by atoms with Crippen LogP contribution in [-0.4, -0.2) is 15.5 Å². The summed E-state index contributed by atoms with van der Waals surface area (Å²) in [4.78, 5) is 16.2. The van der Waals surface area contributed by atoms with E-state index >= 15 is 0 Å². The van der Waals surface area contributed by atoms with E-state index in [-0.39, 0.29) is 5.91 Å². The normalized spacial score (nSPS) is 11.0. The molecule has 112 valence electrons. The number of benzene rings is 1. The van der Waals surface area contributed by atoms with Crippen LogP contribution in [0.2, 0.25) is 0 Å². The maximum Gasteiger partial charge on any atom is 0.249 e. The lowest BCUT2D eigenvalue weighted by atomic mass is 9.97. The molecule has 3 aromatic rings. The zero-order chi connectivity index (χ0) is 15.7. The van der Waals surface area contributed by atoms with E-state index < -0.39 is 0 Å². The monoisotopic (exact) mass is 293 g/mol. The van der Waals surface area contributed by atoms with Gasteiger partial charge in [-0.3, -0.25) is 4.79 Å². The van der Waals surface area contributed by atoms with Crippen LogP contribution in [0.4, 0.5) is 0 Å². The first kappa shape index (κ1) is 14.3. The Morgan fingerprint density at radius 3 is 2.86 bits per heavy atom. The van der Waals surface area contributed by atoms with Crippen molar-refractivity contribution < 1.29 is 4.79 Å². The second kappa shape index (κ2) is 5.64. The third-order valence-corrected chi connectivity index (χ3v) is 4.01. The van der Waals surface area contributed by atoms with Crippen LogP contribution in [0.5, 0.6) is 0 Å². The molecule has 0 aliphatic carbocycles. The van der Waals surface area contributed by atoms with Gasteiger partial charge >= 0.3 is 0 Å². The zero-order valence-electron chi connectivity index (χ0n) is 12.8. The predicted molar refractivity (Wildman–Crippen MR) is 88.3 cm³/mol. The highest BCUT2D eigenvalue weighted by Crippen LogP contribution is 2.24. The van der Waals surface area contributed by atoms with Crippen molar-refractivity contribution in [2.45, 2.75) is 26.7 Å². The molecule has 2 aromatic heterocycles. The molecule has 0 atom stereocenters. The van der Waals surface area contributed by atoms with Crippen molar-refractivity contribution in [3.8, 4) is 5.69 Å². The molecular formula is C18H19N3O. The molecule has 2 heterocycles. The van der Waals surface area contributed by atoms with Crippen molar-refractivity contribution in [1.82, 2.24) is 9.55 Å². The van der Waals surface area contributed by atoms with Gasteiger partial charge in [-0.15, -0.1) is 0 Å². The average Bonchev–Trinajstić information content (AvgIpc) is 2.93. The van der Waals surface area contributed by atoms with Gasteiger partial charge in [0.05, 0.1) is 0 Å². The molecule has 0 fully saturated rings. The van der Waals surface area contributed by atoms with Crippen molar-refractivity contribution in [2.75, 3.05) is 0 Å². The molecule has 0 spiro atoms. The molecule has 0 unspecified atom stereocenters. The van der Waals surface area contributed by atoms with Gasteiger partial charge in [0.1, 0.15) is 5.65 Å². The molecule has 2 N–H and O–H groups in total. The number of nitrogens with two attached hydrogens (primary N) is 1. The summed E-state index contributed by atoms with van der Waals surface area (Å²) in [5, 5.41) is 1.07. The number of amides is 1. The number of carbonyl (C=O) groups excluding carboxylic acids is 1. The van der Waals surface area contributed by atoms with Crippen LogP contribution >= 0.6 is 0 Å². The summed E-state index contributed by atoms with van der Waals surface area (Å²) in [7, 11) is 0. The Hall–Kier alpha value is -2.62. The van der Waals surface area contributed by atoms with Crippen molar-refractivity contribution in [3.05, 3.63) is 59.4 Å². The first-order chi connectivity index (χ1) is 10.6. The van der Waals surface area contributed by atoms with Gasteiger partial charge in [0.15, 0.2) is 0 Å². The van der Waals surface area contributed by atoms with Crippen LogP contribution in [0.3, 0.4) is 0 Å². The Morgan fingerprint density at radius 2 is 2.14 bits per heavy atom. The van der Waals surface area contributed by atoms with E-state index in [0.29, 0.717) is 5.56 Å². The summed E-state index contributed by atoms with van der Waals surface area (Å²) in [5.74, 6) is -0.388. The summed E-state index contributed by atoms with van der Waals surface area (Å²) in [6, 6.07) is 9.93. The topological polar surface area (TPSA) is 60.9 Å². The fraction of sp³-hybridized carbons (Fsp3) is 0.222. The predicted octanol–water partition coefficient (Wildman–Crippen LogP) is 3.39. The molecule has 0 saturated carbocycles. The van der Waals surface area contributed by atoms with Crippen molar-refractivity contribution in [2.24, 2.45) is 5.73 Å². The lowest BCUT2D eigenvalue weighted by molar-refractivity contribution is 0.0999. The highest BCUT2D eigenvalue weighted by molar-refractivity contribution is 5.95. The van der Waals surface area contributed by atoms with Gasteiger partial charge in [-0.05, 0) is 54.8 Å². The number of aryl methyl sites for hydroxylation is 1. The van der Waals surface area contributed by atoms with Crippen LogP contribution in [0, 0.1) is 6.92 Å². The van der Waals surface area contributed by atoms with Crippen LogP contribution < -0.4 is 5.73 Å². The molecule has 0 radical (unpaired) electrons. The lowest BCUT2D eigenvalue weighted by Crippen LogP contribution is -2.15. The molecule has 4 nitrogen and oxygen atoms in total. The Balaban J connectivity index is 2.24. The van der Waals surface area contributed by atoms with E-state index in [2.05, 4.69) is 18.0 Å². The second-order valence-corrected chi connectivity index (χ2v) is 5.49.